The molecule has 18 heavy (non-hydrogen) atoms. The van der Waals surface area contributed by atoms with Gasteiger partial charge in [0.15, 0.2) is 0 Å². The smallest absolute Gasteiger partial charge is 0.119 e. The molecule has 1 aromatic carbocycles. The maximum Gasteiger partial charge on any atom is 0.119 e. The molecule has 0 saturated heterocycles. The highest BCUT2D eigenvalue weighted by Crippen LogP contribution is 2.16. The third-order valence-corrected chi connectivity index (χ3v) is 3.50. The molecule has 0 spiro atoms. The summed E-state index contributed by atoms with van der Waals surface area (Å²) >= 11 is 3.42. The summed E-state index contributed by atoms with van der Waals surface area (Å²) in [6.45, 7) is 8.56. The van der Waals surface area contributed by atoms with Crippen LogP contribution in [0.15, 0.2) is 28.7 Å². The van der Waals surface area contributed by atoms with Crippen molar-refractivity contribution in [1.82, 2.24) is 5.32 Å². The molecule has 0 heterocycles. The molecule has 2 nitrogen and oxygen atoms in total. The molecule has 0 aliphatic heterocycles. The van der Waals surface area contributed by atoms with Crippen LogP contribution in [0.2, 0.25) is 0 Å². The van der Waals surface area contributed by atoms with Crippen LogP contribution >= 0.6 is 15.9 Å². The van der Waals surface area contributed by atoms with Crippen LogP contribution < -0.4 is 10.1 Å². The van der Waals surface area contributed by atoms with Gasteiger partial charge in [0, 0.05) is 10.5 Å². The second-order valence-corrected chi connectivity index (χ2v) is 5.81. The summed E-state index contributed by atoms with van der Waals surface area (Å²) in [6.07, 6.45) is 2.23. The van der Waals surface area contributed by atoms with Gasteiger partial charge in [0.1, 0.15) is 5.75 Å². The van der Waals surface area contributed by atoms with Crippen molar-refractivity contribution < 1.29 is 4.74 Å². The van der Waals surface area contributed by atoms with Gasteiger partial charge in [-0.25, -0.2) is 0 Å². The SMILES string of the molecule is CCCNC(CCOc1ccc(Br)cc1)C(C)C. The van der Waals surface area contributed by atoms with Crippen LogP contribution in [0.1, 0.15) is 33.6 Å². The molecule has 1 rings (SSSR count). The molecule has 3 heteroatoms. The maximum atomic E-state index is 5.76. The summed E-state index contributed by atoms with van der Waals surface area (Å²) < 4.78 is 6.84. The molecule has 1 unspecified atom stereocenters. The molecule has 1 aromatic rings. The van der Waals surface area contributed by atoms with Gasteiger partial charge in [-0.05, 0) is 49.6 Å². The molecular formula is C15H24BrNO. The zero-order chi connectivity index (χ0) is 13.4. The molecule has 102 valence electrons. The fourth-order valence-corrected chi connectivity index (χ4v) is 2.10. The topological polar surface area (TPSA) is 21.3 Å². The van der Waals surface area contributed by atoms with Gasteiger partial charge in [-0.15, -0.1) is 0 Å². The molecule has 0 bridgehead atoms. The van der Waals surface area contributed by atoms with Gasteiger partial charge in [-0.2, -0.15) is 0 Å². The van der Waals surface area contributed by atoms with Crippen molar-refractivity contribution in [2.75, 3.05) is 13.2 Å². The van der Waals surface area contributed by atoms with Crippen molar-refractivity contribution in [2.24, 2.45) is 5.92 Å². The van der Waals surface area contributed by atoms with Crippen molar-refractivity contribution >= 4 is 15.9 Å². The van der Waals surface area contributed by atoms with E-state index in [1.54, 1.807) is 0 Å². The van der Waals surface area contributed by atoms with E-state index in [0.717, 1.165) is 29.8 Å². The van der Waals surface area contributed by atoms with Gasteiger partial charge in [0.2, 0.25) is 0 Å². The Balaban J connectivity index is 2.31. The van der Waals surface area contributed by atoms with Gasteiger partial charge in [0.05, 0.1) is 6.61 Å². The van der Waals surface area contributed by atoms with E-state index >= 15 is 0 Å². The van der Waals surface area contributed by atoms with Crippen LogP contribution in [-0.4, -0.2) is 19.2 Å². The zero-order valence-corrected chi connectivity index (χ0v) is 13.2. The van der Waals surface area contributed by atoms with Crippen LogP contribution in [0, 0.1) is 5.92 Å². The lowest BCUT2D eigenvalue weighted by Crippen LogP contribution is -2.35. The number of halogens is 1. The molecule has 0 aromatic heterocycles. The number of benzene rings is 1. The summed E-state index contributed by atoms with van der Waals surface area (Å²) in [6, 6.07) is 8.54. The largest absolute Gasteiger partial charge is 0.494 e. The summed E-state index contributed by atoms with van der Waals surface area (Å²) in [5, 5.41) is 3.58. The summed E-state index contributed by atoms with van der Waals surface area (Å²) in [5.41, 5.74) is 0. The van der Waals surface area contributed by atoms with Gasteiger partial charge in [0.25, 0.3) is 0 Å². The predicted octanol–water partition coefficient (Wildman–Crippen LogP) is 4.24. The molecular weight excluding hydrogens is 290 g/mol. The van der Waals surface area contributed by atoms with Crippen LogP contribution in [0.4, 0.5) is 0 Å². The third kappa shape index (κ3) is 5.87. The molecule has 1 atom stereocenters. The highest BCUT2D eigenvalue weighted by Gasteiger charge is 2.11. The molecule has 0 aliphatic rings. The predicted molar refractivity (Wildman–Crippen MR) is 81.2 cm³/mol. The van der Waals surface area contributed by atoms with E-state index in [-0.39, 0.29) is 0 Å². The van der Waals surface area contributed by atoms with Crippen molar-refractivity contribution in [3.63, 3.8) is 0 Å². The van der Waals surface area contributed by atoms with Crippen molar-refractivity contribution in [3.05, 3.63) is 28.7 Å². The monoisotopic (exact) mass is 313 g/mol. The molecule has 1 N–H and O–H groups in total. The second-order valence-electron chi connectivity index (χ2n) is 4.90. The first-order valence-electron chi connectivity index (χ1n) is 6.75. The Hall–Kier alpha value is -0.540. The van der Waals surface area contributed by atoms with Crippen molar-refractivity contribution in [1.29, 1.82) is 0 Å². The molecule has 0 fully saturated rings. The first-order chi connectivity index (χ1) is 8.63. The Kier molecular flexibility index (Phi) is 7.36. The third-order valence-electron chi connectivity index (χ3n) is 2.97. The van der Waals surface area contributed by atoms with E-state index < -0.39 is 0 Å². The minimum Gasteiger partial charge on any atom is -0.494 e. The molecule has 0 amide bonds. The number of ether oxygens (including phenoxy) is 1. The normalized spacial score (nSPS) is 12.7. The highest BCUT2D eigenvalue weighted by molar-refractivity contribution is 9.10. The first-order valence-corrected chi connectivity index (χ1v) is 7.54. The summed E-state index contributed by atoms with van der Waals surface area (Å²) in [5.74, 6) is 1.58. The maximum absolute atomic E-state index is 5.76. The average Bonchev–Trinajstić information content (AvgIpc) is 2.35. The lowest BCUT2D eigenvalue weighted by molar-refractivity contribution is 0.262. The quantitative estimate of drug-likeness (QED) is 0.775. The number of nitrogens with one attached hydrogen (secondary N) is 1. The van der Waals surface area contributed by atoms with Crippen LogP contribution in [0.3, 0.4) is 0 Å². The van der Waals surface area contributed by atoms with Crippen LogP contribution in [-0.2, 0) is 0 Å². The Labute approximate surface area is 119 Å². The number of hydrogen-bond acceptors (Lipinski definition) is 2. The van der Waals surface area contributed by atoms with E-state index in [9.17, 15) is 0 Å². The van der Waals surface area contributed by atoms with Gasteiger partial charge in [-0.3, -0.25) is 0 Å². The van der Waals surface area contributed by atoms with Gasteiger partial charge >= 0.3 is 0 Å². The molecule has 0 saturated carbocycles. The minimum absolute atomic E-state index is 0.542. The number of rotatable bonds is 8. The standard InChI is InChI=1S/C15H24BrNO/c1-4-10-17-15(12(2)3)9-11-18-14-7-5-13(16)6-8-14/h5-8,12,15,17H,4,9-11H2,1-3H3. The van der Waals surface area contributed by atoms with E-state index in [1.165, 1.54) is 6.42 Å². The zero-order valence-electron chi connectivity index (χ0n) is 11.6. The van der Waals surface area contributed by atoms with Crippen LogP contribution in [0.25, 0.3) is 0 Å². The Morgan fingerprint density at radius 1 is 1.22 bits per heavy atom. The van der Waals surface area contributed by atoms with Gasteiger partial charge < -0.3 is 10.1 Å². The molecule has 0 radical (unpaired) electrons. The Morgan fingerprint density at radius 3 is 2.44 bits per heavy atom. The van der Waals surface area contributed by atoms with Gasteiger partial charge in [-0.1, -0.05) is 36.7 Å². The lowest BCUT2D eigenvalue weighted by Gasteiger charge is -2.22. The Morgan fingerprint density at radius 2 is 1.89 bits per heavy atom. The van der Waals surface area contributed by atoms with Crippen LogP contribution in [0.5, 0.6) is 5.75 Å². The lowest BCUT2D eigenvalue weighted by atomic mass is 10.0. The number of hydrogen-bond donors (Lipinski definition) is 1. The van der Waals surface area contributed by atoms with E-state index in [1.807, 2.05) is 24.3 Å². The Bertz CT molecular complexity index is 324. The first kappa shape index (κ1) is 15.5. The summed E-state index contributed by atoms with van der Waals surface area (Å²) in [4.78, 5) is 0. The second kappa shape index (κ2) is 8.54. The van der Waals surface area contributed by atoms with E-state index in [2.05, 4.69) is 42.0 Å². The fourth-order valence-electron chi connectivity index (χ4n) is 1.84. The van der Waals surface area contributed by atoms with Crippen molar-refractivity contribution in [3.8, 4) is 5.75 Å². The fraction of sp³-hybridized carbons (Fsp3) is 0.600. The molecule has 0 aliphatic carbocycles. The minimum atomic E-state index is 0.542. The van der Waals surface area contributed by atoms with Crippen molar-refractivity contribution in [2.45, 2.75) is 39.7 Å². The summed E-state index contributed by atoms with van der Waals surface area (Å²) in [7, 11) is 0. The van der Waals surface area contributed by atoms with E-state index in [4.69, 9.17) is 4.74 Å². The van der Waals surface area contributed by atoms with E-state index in [0.29, 0.717) is 12.0 Å². The highest BCUT2D eigenvalue weighted by atomic mass is 79.9. The average molecular weight is 314 g/mol.